The van der Waals surface area contributed by atoms with Crippen molar-refractivity contribution in [1.82, 2.24) is 4.98 Å². The first kappa shape index (κ1) is 21.6. The molecule has 1 atom stereocenters. The quantitative estimate of drug-likeness (QED) is 0.469. The molecular weight excluding hydrogens is 338 g/mol. The second-order valence-corrected chi connectivity index (χ2v) is 6.81. The van der Waals surface area contributed by atoms with Gasteiger partial charge >= 0.3 is 0 Å². The van der Waals surface area contributed by atoms with Crippen LogP contribution in [0.3, 0.4) is 0 Å². The Labute approximate surface area is 171 Å². The van der Waals surface area contributed by atoms with E-state index in [0.717, 1.165) is 30.7 Å². The third-order valence-electron chi connectivity index (χ3n) is 4.78. The maximum atomic E-state index is 4.73. The van der Waals surface area contributed by atoms with Crippen LogP contribution in [0.2, 0.25) is 0 Å². The van der Waals surface area contributed by atoms with E-state index in [1.54, 1.807) is 0 Å². The number of nitrogens with zero attached hydrogens (tertiary/aromatic N) is 1. The van der Waals surface area contributed by atoms with Gasteiger partial charge in [0.2, 0.25) is 0 Å². The van der Waals surface area contributed by atoms with Crippen LogP contribution >= 0.6 is 0 Å². The van der Waals surface area contributed by atoms with Gasteiger partial charge in [0, 0.05) is 17.2 Å². The topological polar surface area (TPSA) is 12.9 Å². The van der Waals surface area contributed by atoms with Crippen LogP contribution < -0.4 is 0 Å². The number of pyridine rings is 1. The van der Waals surface area contributed by atoms with E-state index in [9.17, 15) is 0 Å². The zero-order valence-electron chi connectivity index (χ0n) is 17.8. The zero-order chi connectivity index (χ0) is 20.4. The number of unbranched alkanes of at least 4 members (excludes halogenated alkanes) is 1. The average molecular weight is 372 g/mol. The smallest absolute Gasteiger partial charge is 0.0708 e. The first-order valence-electron chi connectivity index (χ1n) is 10.5. The van der Waals surface area contributed by atoms with Gasteiger partial charge in [-0.1, -0.05) is 94.5 Å². The maximum absolute atomic E-state index is 4.73. The Morgan fingerprint density at radius 1 is 1.18 bits per heavy atom. The Morgan fingerprint density at radius 3 is 2.54 bits per heavy atom. The summed E-state index contributed by atoms with van der Waals surface area (Å²) in [5.41, 5.74) is 7.17. The fraction of sp³-hybridized carbons (Fsp3) is 0.296. The number of allylic oxidation sites excluding steroid dienone is 7. The maximum Gasteiger partial charge on any atom is 0.0708 e. The van der Waals surface area contributed by atoms with E-state index in [0.29, 0.717) is 5.92 Å². The first-order valence-corrected chi connectivity index (χ1v) is 10.5. The lowest BCUT2D eigenvalue weighted by atomic mass is 9.87. The van der Waals surface area contributed by atoms with Gasteiger partial charge in [-0.05, 0) is 48.6 Å². The molecule has 1 aliphatic carbocycles. The van der Waals surface area contributed by atoms with Crippen molar-refractivity contribution < 1.29 is 0 Å². The van der Waals surface area contributed by atoms with Crippen LogP contribution in [0.25, 0.3) is 11.3 Å². The zero-order valence-corrected chi connectivity index (χ0v) is 17.8. The number of hydrogen-bond donors (Lipinski definition) is 0. The third-order valence-corrected chi connectivity index (χ3v) is 4.78. The summed E-state index contributed by atoms with van der Waals surface area (Å²) in [4.78, 5) is 4.73. The summed E-state index contributed by atoms with van der Waals surface area (Å²) in [6.07, 6.45) is 14.4. The lowest BCUT2D eigenvalue weighted by Crippen LogP contribution is -2.02. The van der Waals surface area contributed by atoms with Crippen LogP contribution in [0.4, 0.5) is 0 Å². The number of aryl methyl sites for hydroxylation is 1. The molecule has 1 heteroatoms. The van der Waals surface area contributed by atoms with Gasteiger partial charge in [0.05, 0.1) is 5.69 Å². The Hall–Kier alpha value is -2.67. The van der Waals surface area contributed by atoms with Crippen molar-refractivity contribution in [2.24, 2.45) is 0 Å². The van der Waals surface area contributed by atoms with Crippen molar-refractivity contribution in [2.75, 3.05) is 0 Å². The number of benzene rings is 1. The minimum absolute atomic E-state index is 0.403. The molecule has 28 heavy (non-hydrogen) atoms. The minimum Gasteiger partial charge on any atom is -0.253 e. The van der Waals surface area contributed by atoms with Crippen molar-refractivity contribution in [3.05, 3.63) is 102 Å². The molecular formula is C27H33N. The first-order chi connectivity index (χ1) is 13.7. The fourth-order valence-corrected chi connectivity index (χ4v) is 3.37. The fourth-order valence-electron chi connectivity index (χ4n) is 3.37. The highest BCUT2D eigenvalue weighted by Gasteiger charge is 2.14. The van der Waals surface area contributed by atoms with Crippen LogP contribution in [0, 0.1) is 6.92 Å². The molecule has 1 nitrogen and oxygen atoms in total. The average Bonchev–Trinajstić information content (AvgIpc) is 2.76. The van der Waals surface area contributed by atoms with Gasteiger partial charge in [-0.25, -0.2) is 0 Å². The Balaban J connectivity index is 0.00000136. The summed E-state index contributed by atoms with van der Waals surface area (Å²) in [7, 11) is 0. The van der Waals surface area contributed by atoms with Crippen LogP contribution in [0.5, 0.6) is 0 Å². The Morgan fingerprint density at radius 2 is 1.93 bits per heavy atom. The highest BCUT2D eigenvalue weighted by atomic mass is 14.7. The van der Waals surface area contributed by atoms with Crippen LogP contribution in [-0.4, -0.2) is 4.98 Å². The molecule has 1 aromatic heterocycles. The van der Waals surface area contributed by atoms with E-state index in [1.807, 2.05) is 26.0 Å². The summed E-state index contributed by atoms with van der Waals surface area (Å²) in [5.74, 6) is 0.403. The molecule has 1 unspecified atom stereocenters. The molecule has 0 radical (unpaired) electrons. The molecule has 1 heterocycles. The van der Waals surface area contributed by atoms with Gasteiger partial charge in [0.25, 0.3) is 0 Å². The summed E-state index contributed by atoms with van der Waals surface area (Å²) in [6, 6.07) is 14.9. The molecule has 0 saturated heterocycles. The second-order valence-electron chi connectivity index (χ2n) is 6.81. The number of aromatic nitrogens is 1. The van der Waals surface area contributed by atoms with Gasteiger partial charge in [-0.15, -0.1) is 0 Å². The van der Waals surface area contributed by atoms with Gasteiger partial charge in [0.1, 0.15) is 0 Å². The molecule has 0 saturated carbocycles. The van der Waals surface area contributed by atoms with Gasteiger partial charge < -0.3 is 0 Å². The van der Waals surface area contributed by atoms with Crippen molar-refractivity contribution in [2.45, 2.75) is 52.9 Å². The van der Waals surface area contributed by atoms with Gasteiger partial charge in [-0.3, -0.25) is 4.98 Å². The molecule has 0 bridgehead atoms. The lowest BCUT2D eigenvalue weighted by Gasteiger charge is -2.18. The molecule has 0 aliphatic heterocycles. The lowest BCUT2D eigenvalue weighted by molar-refractivity contribution is 0.841. The van der Waals surface area contributed by atoms with Crippen LogP contribution in [0.1, 0.15) is 57.2 Å². The van der Waals surface area contributed by atoms with Crippen LogP contribution in [-0.2, 0) is 0 Å². The minimum atomic E-state index is 0.403. The summed E-state index contributed by atoms with van der Waals surface area (Å²) < 4.78 is 0. The standard InChI is InChI=1S/C25H27N.C2H6/c1-4-6-10-20(5-2)21-13-15-22(16-14-21)24-17-19(3)26-25(18-24)23-11-8-7-9-12-23;1-2/h5,7-15,17-18,22H,2,4,6,16H2,1,3H3;1-2H3/b20-10+;. The summed E-state index contributed by atoms with van der Waals surface area (Å²) in [6.45, 7) is 12.3. The Kier molecular flexibility index (Phi) is 8.68. The normalized spacial score (nSPS) is 16.1. The molecule has 0 fully saturated rings. The SMILES string of the molecule is C=C/C(=C\CCC)C1=CCC(c2cc(C)nc(-c3ccccc3)c2)C=C1.CC. The third kappa shape index (κ3) is 5.66. The predicted octanol–water partition coefficient (Wildman–Crippen LogP) is 7.97. The summed E-state index contributed by atoms with van der Waals surface area (Å²) >= 11 is 0. The van der Waals surface area contributed by atoms with E-state index in [4.69, 9.17) is 4.98 Å². The highest BCUT2D eigenvalue weighted by molar-refractivity contribution is 5.60. The predicted molar refractivity (Wildman–Crippen MR) is 124 cm³/mol. The molecule has 0 amide bonds. The van der Waals surface area contributed by atoms with E-state index in [1.165, 1.54) is 22.3 Å². The van der Waals surface area contributed by atoms with Crippen molar-refractivity contribution in [3.63, 3.8) is 0 Å². The molecule has 1 aromatic carbocycles. The van der Waals surface area contributed by atoms with Crippen LogP contribution in [0.15, 0.2) is 90.6 Å². The number of hydrogen-bond acceptors (Lipinski definition) is 1. The highest BCUT2D eigenvalue weighted by Crippen LogP contribution is 2.31. The van der Waals surface area contributed by atoms with Crippen molar-refractivity contribution >= 4 is 0 Å². The molecule has 146 valence electrons. The molecule has 2 aromatic rings. The summed E-state index contributed by atoms with van der Waals surface area (Å²) in [5, 5.41) is 0. The monoisotopic (exact) mass is 371 g/mol. The van der Waals surface area contributed by atoms with Gasteiger partial charge in [0.15, 0.2) is 0 Å². The molecule has 0 N–H and O–H groups in total. The van der Waals surface area contributed by atoms with E-state index in [-0.39, 0.29) is 0 Å². The largest absolute Gasteiger partial charge is 0.253 e. The van der Waals surface area contributed by atoms with E-state index < -0.39 is 0 Å². The van der Waals surface area contributed by atoms with E-state index >= 15 is 0 Å². The number of rotatable bonds is 6. The molecule has 3 rings (SSSR count). The van der Waals surface area contributed by atoms with Crippen molar-refractivity contribution in [3.8, 4) is 11.3 Å². The Bertz CT molecular complexity index is 853. The molecule has 1 aliphatic rings. The second kappa shape index (κ2) is 11.2. The molecule has 0 spiro atoms. The van der Waals surface area contributed by atoms with Gasteiger partial charge in [-0.2, -0.15) is 0 Å². The van der Waals surface area contributed by atoms with E-state index in [2.05, 4.69) is 81.1 Å². The van der Waals surface area contributed by atoms with Crippen molar-refractivity contribution in [1.29, 1.82) is 0 Å².